The summed E-state index contributed by atoms with van der Waals surface area (Å²) in [6.07, 6.45) is 47.7. The van der Waals surface area contributed by atoms with Crippen molar-refractivity contribution >= 4 is 16.0 Å². The van der Waals surface area contributed by atoms with Crippen molar-refractivity contribution < 1.29 is 28.0 Å². The van der Waals surface area contributed by atoms with Crippen molar-refractivity contribution in [1.82, 2.24) is 5.32 Å². The van der Waals surface area contributed by atoms with Crippen LogP contribution < -0.4 is 5.32 Å². The number of amides is 1. The quantitative estimate of drug-likeness (QED) is 0.0280. The van der Waals surface area contributed by atoms with Gasteiger partial charge in [-0.15, -0.1) is 0 Å². The van der Waals surface area contributed by atoms with Crippen molar-refractivity contribution in [1.29, 1.82) is 0 Å². The second kappa shape index (κ2) is 38.8. The van der Waals surface area contributed by atoms with Crippen molar-refractivity contribution in [2.45, 2.75) is 238 Å². The lowest BCUT2D eigenvalue weighted by molar-refractivity contribution is -0.130. The van der Waals surface area contributed by atoms with Crippen molar-refractivity contribution in [2.24, 2.45) is 0 Å². The van der Waals surface area contributed by atoms with Crippen LogP contribution in [0.5, 0.6) is 0 Å². The second-order valence-electron chi connectivity index (χ2n) is 15.5. The predicted molar refractivity (Wildman–Crippen MR) is 227 cm³/mol. The fourth-order valence-electron chi connectivity index (χ4n) is 6.70. The Morgan fingerprint density at radius 3 is 1.25 bits per heavy atom. The Labute approximate surface area is 328 Å². The molecule has 0 bridgehead atoms. The van der Waals surface area contributed by atoms with Gasteiger partial charge in [-0.1, -0.05) is 198 Å². The van der Waals surface area contributed by atoms with Gasteiger partial charge in [0.2, 0.25) is 5.91 Å². The van der Waals surface area contributed by atoms with Crippen LogP contribution in [-0.4, -0.2) is 53.1 Å². The van der Waals surface area contributed by atoms with Crippen LogP contribution in [0.15, 0.2) is 36.5 Å². The third-order valence-electron chi connectivity index (χ3n) is 10.1. The number of rotatable bonds is 40. The zero-order valence-corrected chi connectivity index (χ0v) is 35.3. The van der Waals surface area contributed by atoms with Gasteiger partial charge >= 0.3 is 0 Å². The van der Waals surface area contributed by atoms with Gasteiger partial charge < -0.3 is 15.5 Å². The molecule has 3 unspecified atom stereocenters. The van der Waals surface area contributed by atoms with Crippen LogP contribution in [0.2, 0.25) is 0 Å². The average Bonchev–Trinajstić information content (AvgIpc) is 3.12. The third-order valence-corrected chi connectivity index (χ3v) is 10.9. The molecule has 0 fully saturated rings. The number of carbonyl (C=O) groups is 1. The van der Waals surface area contributed by atoms with Crippen molar-refractivity contribution in [2.75, 3.05) is 5.75 Å². The van der Waals surface area contributed by atoms with Crippen LogP contribution in [0.1, 0.15) is 219 Å². The molecule has 0 aliphatic heterocycles. The van der Waals surface area contributed by atoms with Gasteiger partial charge in [-0.3, -0.25) is 9.35 Å². The van der Waals surface area contributed by atoms with E-state index < -0.39 is 40.0 Å². The Balaban J connectivity index is 4.04. The maximum Gasteiger partial charge on any atom is 0.267 e. The molecule has 0 aromatic heterocycles. The lowest BCUT2D eigenvalue weighted by Gasteiger charge is -2.22. The first-order valence-corrected chi connectivity index (χ1v) is 23.9. The van der Waals surface area contributed by atoms with Crippen LogP contribution in [0.3, 0.4) is 0 Å². The Bertz CT molecular complexity index is 995. The summed E-state index contributed by atoms with van der Waals surface area (Å²) < 4.78 is 32.6. The molecule has 4 N–H and O–H groups in total. The Kier molecular flexibility index (Phi) is 37.7. The minimum absolute atomic E-state index is 0.267. The van der Waals surface area contributed by atoms with E-state index in [9.17, 15) is 28.0 Å². The highest BCUT2D eigenvalue weighted by Crippen LogP contribution is 2.14. The topological polar surface area (TPSA) is 124 Å². The molecule has 8 heteroatoms. The normalized spacial score (nSPS) is 14.1. The molecule has 0 aromatic carbocycles. The number of unbranched alkanes of at least 4 members (excludes halogenated alkanes) is 27. The average molecular weight is 768 g/mol. The minimum atomic E-state index is -4.45. The Morgan fingerprint density at radius 2 is 0.849 bits per heavy atom. The van der Waals surface area contributed by atoms with Crippen LogP contribution in [-0.2, 0) is 14.9 Å². The summed E-state index contributed by atoms with van der Waals surface area (Å²) >= 11 is 0. The molecule has 0 rings (SSSR count). The molecule has 0 radical (unpaired) electrons. The van der Waals surface area contributed by atoms with Crippen molar-refractivity contribution in [3.8, 4) is 0 Å². The monoisotopic (exact) mass is 768 g/mol. The SMILES string of the molecule is CCCCCCCCCCC/C=C\CCCCCCCCC(O)C(=O)NC(CS(=O)(=O)O)C(O)/C=C/CC/C=C/CCCCCCCCCCCCC. The first-order valence-electron chi connectivity index (χ1n) is 22.3. The van der Waals surface area contributed by atoms with Gasteiger partial charge in [-0.25, -0.2) is 0 Å². The second-order valence-corrected chi connectivity index (χ2v) is 17.0. The van der Waals surface area contributed by atoms with Crippen LogP contribution >= 0.6 is 0 Å². The molecule has 0 aliphatic carbocycles. The van der Waals surface area contributed by atoms with Gasteiger partial charge in [0.25, 0.3) is 10.1 Å². The number of hydrogen-bond donors (Lipinski definition) is 4. The first-order chi connectivity index (χ1) is 25.7. The highest BCUT2D eigenvalue weighted by Gasteiger charge is 2.27. The van der Waals surface area contributed by atoms with Gasteiger partial charge in [0.05, 0.1) is 17.9 Å². The van der Waals surface area contributed by atoms with Crippen molar-refractivity contribution in [3.63, 3.8) is 0 Å². The molecule has 0 saturated heterocycles. The van der Waals surface area contributed by atoms with E-state index in [0.29, 0.717) is 12.8 Å². The molecule has 0 aromatic rings. The standard InChI is InChI=1S/C45H85NO6S/c1-3-5-7-9-11-13-15-17-19-21-22-24-26-28-30-32-34-36-38-40-44(48)45(49)46-42(41-53(50,51)52)43(47)39-37-35-33-31-29-27-25-23-20-18-16-14-12-10-8-6-4-2/h22,24,29,31,37,39,42-44,47-48H,3-21,23,25-28,30,32-36,38,40-41H2,1-2H3,(H,46,49)(H,50,51,52)/b24-22-,31-29+,39-37+. The molecule has 1 amide bonds. The number of aliphatic hydroxyl groups excluding tert-OH is 2. The molecule has 0 spiro atoms. The van der Waals surface area contributed by atoms with Gasteiger partial charge in [0.1, 0.15) is 6.10 Å². The van der Waals surface area contributed by atoms with Gasteiger partial charge in [-0.05, 0) is 57.8 Å². The summed E-state index contributed by atoms with van der Waals surface area (Å²) in [5.41, 5.74) is 0. The predicted octanol–water partition coefficient (Wildman–Crippen LogP) is 12.3. The zero-order chi connectivity index (χ0) is 39.1. The van der Waals surface area contributed by atoms with Crippen LogP contribution in [0.25, 0.3) is 0 Å². The molecule has 3 atom stereocenters. The molecule has 53 heavy (non-hydrogen) atoms. The lowest BCUT2D eigenvalue weighted by Crippen LogP contribution is -2.50. The zero-order valence-electron chi connectivity index (χ0n) is 34.5. The van der Waals surface area contributed by atoms with E-state index in [4.69, 9.17) is 0 Å². The van der Waals surface area contributed by atoms with Crippen LogP contribution in [0, 0.1) is 0 Å². The van der Waals surface area contributed by atoms with Gasteiger partial charge in [-0.2, -0.15) is 8.42 Å². The molecule has 0 heterocycles. The number of hydrogen-bond acceptors (Lipinski definition) is 5. The molecule has 7 nitrogen and oxygen atoms in total. The number of carbonyl (C=O) groups excluding carboxylic acids is 1. The van der Waals surface area contributed by atoms with E-state index in [1.807, 2.05) is 0 Å². The van der Waals surface area contributed by atoms with E-state index in [1.165, 1.54) is 154 Å². The minimum Gasteiger partial charge on any atom is -0.387 e. The number of nitrogens with one attached hydrogen (secondary N) is 1. The van der Waals surface area contributed by atoms with Gasteiger partial charge in [0.15, 0.2) is 0 Å². The first kappa shape index (κ1) is 51.5. The molecule has 0 aliphatic rings. The van der Waals surface area contributed by atoms with Gasteiger partial charge in [0, 0.05) is 0 Å². The summed E-state index contributed by atoms with van der Waals surface area (Å²) in [7, 11) is -4.45. The largest absolute Gasteiger partial charge is 0.387 e. The van der Waals surface area contributed by atoms with E-state index in [0.717, 1.165) is 38.5 Å². The lowest BCUT2D eigenvalue weighted by atomic mass is 10.0. The maximum atomic E-state index is 12.6. The summed E-state index contributed by atoms with van der Waals surface area (Å²) in [5, 5.41) is 23.4. The molecular weight excluding hydrogens is 683 g/mol. The Hall–Kier alpha value is -1.48. The van der Waals surface area contributed by atoms with E-state index in [1.54, 1.807) is 6.08 Å². The highest BCUT2D eigenvalue weighted by molar-refractivity contribution is 7.85. The van der Waals surface area contributed by atoms with E-state index >= 15 is 0 Å². The smallest absolute Gasteiger partial charge is 0.267 e. The molecule has 312 valence electrons. The Morgan fingerprint density at radius 1 is 0.509 bits per heavy atom. The summed E-state index contributed by atoms with van der Waals surface area (Å²) in [4.78, 5) is 12.6. The molecule has 0 saturated carbocycles. The summed E-state index contributed by atoms with van der Waals surface area (Å²) in [6.45, 7) is 4.52. The van der Waals surface area contributed by atoms with Crippen molar-refractivity contribution in [3.05, 3.63) is 36.5 Å². The summed E-state index contributed by atoms with van der Waals surface area (Å²) in [5.74, 6) is -1.56. The maximum absolute atomic E-state index is 12.6. The number of allylic oxidation sites excluding steroid dienone is 5. The van der Waals surface area contributed by atoms with E-state index in [2.05, 4.69) is 43.5 Å². The molecular formula is C45H85NO6S. The summed E-state index contributed by atoms with van der Waals surface area (Å²) in [6, 6.07) is -1.25. The van der Waals surface area contributed by atoms with E-state index in [-0.39, 0.29) is 6.42 Å². The fourth-order valence-corrected chi connectivity index (χ4v) is 7.44. The van der Waals surface area contributed by atoms with Crippen LogP contribution in [0.4, 0.5) is 0 Å². The highest BCUT2D eigenvalue weighted by atomic mass is 32.2. The number of aliphatic hydroxyl groups is 2. The fraction of sp³-hybridized carbons (Fsp3) is 0.844. The third kappa shape index (κ3) is 38.6.